The highest BCUT2D eigenvalue weighted by atomic mass is 79.9. The van der Waals surface area contributed by atoms with Crippen molar-refractivity contribution in [3.8, 4) is 5.75 Å². The molecule has 0 saturated carbocycles. The van der Waals surface area contributed by atoms with Gasteiger partial charge in [0.05, 0.1) is 13.2 Å². The lowest BCUT2D eigenvalue weighted by Gasteiger charge is -2.16. The SMILES string of the molecule is COc1ccc(C(N)c2cc(C)ccc2Br)cc1F. The summed E-state index contributed by atoms with van der Waals surface area (Å²) in [5.41, 5.74) is 8.97. The molecule has 2 N–H and O–H groups in total. The molecule has 0 bridgehead atoms. The summed E-state index contributed by atoms with van der Waals surface area (Å²) < 4.78 is 19.5. The summed E-state index contributed by atoms with van der Waals surface area (Å²) in [6, 6.07) is 10.3. The van der Waals surface area contributed by atoms with Gasteiger partial charge in [0.2, 0.25) is 0 Å². The van der Waals surface area contributed by atoms with Crippen molar-refractivity contribution >= 4 is 15.9 Å². The van der Waals surface area contributed by atoms with Crippen molar-refractivity contribution in [3.63, 3.8) is 0 Å². The van der Waals surface area contributed by atoms with Crippen LogP contribution in [0.5, 0.6) is 5.75 Å². The standard InChI is InChI=1S/C15H15BrFNO/c1-9-3-5-12(16)11(7-9)15(18)10-4-6-14(19-2)13(17)8-10/h3-8,15H,18H2,1-2H3. The normalized spacial score (nSPS) is 12.3. The Bertz CT molecular complexity index is 601. The molecule has 2 aromatic carbocycles. The van der Waals surface area contributed by atoms with Crippen molar-refractivity contribution in [1.29, 1.82) is 0 Å². The number of hydrogen-bond donors (Lipinski definition) is 1. The Hall–Kier alpha value is -1.39. The smallest absolute Gasteiger partial charge is 0.165 e. The van der Waals surface area contributed by atoms with Gasteiger partial charge in [0.1, 0.15) is 0 Å². The Labute approximate surface area is 120 Å². The molecule has 100 valence electrons. The number of hydrogen-bond acceptors (Lipinski definition) is 2. The Balaban J connectivity index is 2.41. The van der Waals surface area contributed by atoms with Gasteiger partial charge in [-0.05, 0) is 36.2 Å². The van der Waals surface area contributed by atoms with Crippen molar-refractivity contribution in [2.45, 2.75) is 13.0 Å². The number of benzene rings is 2. The zero-order valence-electron chi connectivity index (χ0n) is 10.8. The van der Waals surface area contributed by atoms with Crippen LogP contribution < -0.4 is 10.5 Å². The topological polar surface area (TPSA) is 35.2 Å². The quantitative estimate of drug-likeness (QED) is 0.928. The maximum atomic E-state index is 13.7. The van der Waals surface area contributed by atoms with Gasteiger partial charge in [-0.15, -0.1) is 0 Å². The number of aryl methyl sites for hydroxylation is 1. The molecule has 0 spiro atoms. The molecule has 2 rings (SSSR count). The molecular formula is C15H15BrFNO. The average Bonchev–Trinajstić information content (AvgIpc) is 2.40. The summed E-state index contributed by atoms with van der Waals surface area (Å²) in [5.74, 6) is -0.182. The predicted molar refractivity (Wildman–Crippen MR) is 77.9 cm³/mol. The van der Waals surface area contributed by atoms with E-state index in [1.807, 2.05) is 25.1 Å². The number of halogens is 2. The van der Waals surface area contributed by atoms with E-state index in [1.54, 1.807) is 12.1 Å². The summed E-state index contributed by atoms with van der Waals surface area (Å²) in [7, 11) is 1.44. The van der Waals surface area contributed by atoms with Crippen LogP contribution in [-0.2, 0) is 0 Å². The molecule has 2 aromatic rings. The van der Waals surface area contributed by atoms with Gasteiger partial charge in [0.15, 0.2) is 11.6 Å². The minimum Gasteiger partial charge on any atom is -0.494 e. The molecule has 0 aliphatic rings. The molecular weight excluding hydrogens is 309 g/mol. The Morgan fingerprint density at radius 1 is 1.21 bits per heavy atom. The third-order valence-corrected chi connectivity index (χ3v) is 3.74. The zero-order valence-corrected chi connectivity index (χ0v) is 12.4. The van der Waals surface area contributed by atoms with Gasteiger partial charge in [-0.25, -0.2) is 4.39 Å². The van der Waals surface area contributed by atoms with E-state index >= 15 is 0 Å². The van der Waals surface area contributed by atoms with E-state index in [1.165, 1.54) is 13.2 Å². The van der Waals surface area contributed by atoms with Gasteiger partial charge < -0.3 is 10.5 Å². The van der Waals surface area contributed by atoms with Crippen LogP contribution in [0, 0.1) is 12.7 Å². The first-order chi connectivity index (χ1) is 9.02. The van der Waals surface area contributed by atoms with E-state index in [0.29, 0.717) is 5.56 Å². The fourth-order valence-corrected chi connectivity index (χ4v) is 2.45. The van der Waals surface area contributed by atoms with Crippen LogP contribution in [0.4, 0.5) is 4.39 Å². The highest BCUT2D eigenvalue weighted by molar-refractivity contribution is 9.10. The van der Waals surface area contributed by atoms with Gasteiger partial charge in [0, 0.05) is 4.47 Å². The molecule has 0 saturated heterocycles. The first-order valence-corrected chi connectivity index (χ1v) is 6.67. The molecule has 0 amide bonds. The molecule has 1 atom stereocenters. The first kappa shape index (κ1) is 14.0. The second-order valence-electron chi connectivity index (χ2n) is 4.40. The van der Waals surface area contributed by atoms with Gasteiger partial charge >= 0.3 is 0 Å². The van der Waals surface area contributed by atoms with Crippen LogP contribution in [-0.4, -0.2) is 7.11 Å². The lowest BCUT2D eigenvalue weighted by atomic mass is 9.98. The van der Waals surface area contributed by atoms with E-state index in [0.717, 1.165) is 15.6 Å². The summed E-state index contributed by atoms with van der Waals surface area (Å²) in [6.45, 7) is 2.00. The van der Waals surface area contributed by atoms with Gasteiger partial charge in [-0.1, -0.05) is 39.7 Å². The number of ether oxygens (including phenoxy) is 1. The first-order valence-electron chi connectivity index (χ1n) is 5.88. The molecule has 4 heteroatoms. The van der Waals surface area contributed by atoms with Crippen LogP contribution >= 0.6 is 15.9 Å². The molecule has 0 aliphatic heterocycles. The average molecular weight is 324 g/mol. The van der Waals surface area contributed by atoms with Crippen LogP contribution in [0.1, 0.15) is 22.7 Å². The van der Waals surface area contributed by atoms with Gasteiger partial charge in [-0.3, -0.25) is 0 Å². The monoisotopic (exact) mass is 323 g/mol. The molecule has 19 heavy (non-hydrogen) atoms. The lowest BCUT2D eigenvalue weighted by molar-refractivity contribution is 0.386. The second-order valence-corrected chi connectivity index (χ2v) is 5.25. The Morgan fingerprint density at radius 3 is 2.58 bits per heavy atom. The highest BCUT2D eigenvalue weighted by Crippen LogP contribution is 2.29. The summed E-state index contributed by atoms with van der Waals surface area (Å²) in [5, 5.41) is 0. The van der Waals surface area contributed by atoms with Crippen LogP contribution in [0.3, 0.4) is 0 Å². The van der Waals surface area contributed by atoms with E-state index in [4.69, 9.17) is 10.5 Å². The molecule has 0 aliphatic carbocycles. The second kappa shape index (κ2) is 5.72. The van der Waals surface area contributed by atoms with Crippen LogP contribution in [0.2, 0.25) is 0 Å². The number of methoxy groups -OCH3 is 1. The molecule has 0 heterocycles. The third kappa shape index (κ3) is 2.96. The molecule has 2 nitrogen and oxygen atoms in total. The maximum absolute atomic E-state index is 13.7. The Kier molecular flexibility index (Phi) is 4.22. The molecule has 0 aromatic heterocycles. The van der Waals surface area contributed by atoms with E-state index in [-0.39, 0.29) is 11.8 Å². The van der Waals surface area contributed by atoms with E-state index in [2.05, 4.69) is 15.9 Å². The van der Waals surface area contributed by atoms with Crippen molar-refractivity contribution in [1.82, 2.24) is 0 Å². The molecule has 0 radical (unpaired) electrons. The third-order valence-electron chi connectivity index (χ3n) is 3.02. The van der Waals surface area contributed by atoms with Crippen molar-refractivity contribution in [2.24, 2.45) is 5.73 Å². The van der Waals surface area contributed by atoms with Gasteiger partial charge in [-0.2, -0.15) is 0 Å². The fraction of sp³-hybridized carbons (Fsp3) is 0.200. The molecule has 1 unspecified atom stereocenters. The minimum absolute atomic E-state index is 0.222. The maximum Gasteiger partial charge on any atom is 0.165 e. The number of nitrogens with two attached hydrogens (primary N) is 1. The lowest BCUT2D eigenvalue weighted by Crippen LogP contribution is -2.13. The summed E-state index contributed by atoms with van der Waals surface area (Å²) in [4.78, 5) is 0. The van der Waals surface area contributed by atoms with Crippen molar-refractivity contribution in [2.75, 3.05) is 7.11 Å². The molecule has 0 fully saturated rings. The highest BCUT2D eigenvalue weighted by Gasteiger charge is 2.14. The largest absolute Gasteiger partial charge is 0.494 e. The van der Waals surface area contributed by atoms with Crippen molar-refractivity contribution in [3.05, 3.63) is 63.4 Å². The van der Waals surface area contributed by atoms with Crippen molar-refractivity contribution < 1.29 is 9.13 Å². The van der Waals surface area contributed by atoms with Crippen LogP contribution in [0.25, 0.3) is 0 Å². The fourth-order valence-electron chi connectivity index (χ4n) is 1.96. The minimum atomic E-state index is -0.403. The predicted octanol–water partition coefficient (Wildman–Crippen LogP) is 3.95. The summed E-state index contributed by atoms with van der Waals surface area (Å²) >= 11 is 3.48. The van der Waals surface area contributed by atoms with Gasteiger partial charge in [0.25, 0.3) is 0 Å². The zero-order chi connectivity index (χ0) is 14.0. The van der Waals surface area contributed by atoms with E-state index < -0.39 is 5.82 Å². The Morgan fingerprint density at radius 2 is 1.95 bits per heavy atom. The summed E-state index contributed by atoms with van der Waals surface area (Å²) in [6.07, 6.45) is 0. The van der Waals surface area contributed by atoms with E-state index in [9.17, 15) is 4.39 Å². The van der Waals surface area contributed by atoms with Crippen LogP contribution in [0.15, 0.2) is 40.9 Å². The number of rotatable bonds is 3.